The second-order valence-corrected chi connectivity index (χ2v) is 7.15. The largest absolute Gasteiger partial charge is 0.416 e. The Kier molecular flexibility index (Phi) is 5.48. The molecule has 2 heterocycles. The number of alkyl halides is 3. The van der Waals surface area contributed by atoms with Crippen LogP contribution < -0.4 is 5.32 Å². The summed E-state index contributed by atoms with van der Waals surface area (Å²) in [6.45, 7) is 3.62. The van der Waals surface area contributed by atoms with Crippen LogP contribution in [0.3, 0.4) is 0 Å². The maximum absolute atomic E-state index is 13.0. The quantitative estimate of drug-likeness (QED) is 0.475. The van der Waals surface area contributed by atoms with Crippen LogP contribution in [0.5, 0.6) is 0 Å². The summed E-state index contributed by atoms with van der Waals surface area (Å²) in [4.78, 5) is 21.6. The monoisotopic (exact) mass is 437 g/mol. The van der Waals surface area contributed by atoms with E-state index in [-0.39, 0.29) is 11.8 Å². The molecule has 0 aliphatic heterocycles. The lowest BCUT2D eigenvalue weighted by atomic mass is 10.1. The minimum Gasteiger partial charge on any atom is -0.290 e. The lowest BCUT2D eigenvalue weighted by Gasteiger charge is -2.10. The van der Waals surface area contributed by atoms with Gasteiger partial charge < -0.3 is 0 Å². The third-order valence-corrected chi connectivity index (χ3v) is 4.78. The van der Waals surface area contributed by atoms with Crippen molar-refractivity contribution in [1.82, 2.24) is 19.7 Å². The number of rotatable bonds is 4. The fourth-order valence-electron chi connectivity index (χ4n) is 3.14. The van der Waals surface area contributed by atoms with Crippen molar-refractivity contribution in [1.29, 1.82) is 0 Å². The Morgan fingerprint density at radius 2 is 1.62 bits per heavy atom. The van der Waals surface area contributed by atoms with E-state index in [9.17, 15) is 18.0 Å². The molecule has 1 N–H and O–H groups in total. The van der Waals surface area contributed by atoms with Gasteiger partial charge in [0, 0.05) is 11.3 Å². The number of hydrogen-bond acceptors (Lipinski definition) is 4. The van der Waals surface area contributed by atoms with Gasteiger partial charge in [-0.25, -0.2) is 4.98 Å². The van der Waals surface area contributed by atoms with E-state index in [0.717, 1.165) is 23.4 Å². The van der Waals surface area contributed by atoms with Crippen LogP contribution in [0.25, 0.3) is 17.2 Å². The zero-order valence-electron chi connectivity index (χ0n) is 17.2. The number of anilines is 1. The van der Waals surface area contributed by atoms with E-state index in [4.69, 9.17) is 0 Å². The van der Waals surface area contributed by atoms with Crippen molar-refractivity contribution in [3.05, 3.63) is 89.1 Å². The first kappa shape index (κ1) is 21.2. The average Bonchev–Trinajstić information content (AvgIpc) is 3.17. The van der Waals surface area contributed by atoms with Crippen LogP contribution in [0.4, 0.5) is 19.1 Å². The van der Waals surface area contributed by atoms with E-state index >= 15 is 0 Å². The number of amides is 1. The van der Waals surface area contributed by atoms with Gasteiger partial charge in [0.15, 0.2) is 0 Å². The third kappa shape index (κ3) is 4.36. The van der Waals surface area contributed by atoms with Crippen LogP contribution in [0.1, 0.15) is 27.2 Å². The lowest BCUT2D eigenvalue weighted by molar-refractivity contribution is -0.137. The highest BCUT2D eigenvalue weighted by Gasteiger charge is 2.30. The van der Waals surface area contributed by atoms with E-state index in [2.05, 4.69) is 20.4 Å². The first-order chi connectivity index (χ1) is 15.2. The first-order valence-corrected chi connectivity index (χ1v) is 9.68. The summed E-state index contributed by atoms with van der Waals surface area (Å²) in [5.74, 6) is -0.114. The maximum Gasteiger partial charge on any atom is 0.416 e. The summed E-state index contributed by atoms with van der Waals surface area (Å²) in [6.07, 6.45) is -4.46. The standard InChI is InChI=1S/C23H18F3N5O/c1-14-6-3-4-8-18(14)21(32)29-22-28-20(19-9-5-7-15(2)27-19)30-31(22)17-12-10-16(11-13-17)23(24,25)26/h3-13H,1-2H3,(H,28,29,30,32). The van der Waals surface area contributed by atoms with Crippen LogP contribution in [-0.4, -0.2) is 25.7 Å². The highest BCUT2D eigenvalue weighted by molar-refractivity contribution is 6.04. The fourth-order valence-corrected chi connectivity index (χ4v) is 3.14. The Morgan fingerprint density at radius 1 is 0.906 bits per heavy atom. The van der Waals surface area contributed by atoms with E-state index in [0.29, 0.717) is 16.9 Å². The van der Waals surface area contributed by atoms with Gasteiger partial charge in [0.05, 0.1) is 11.3 Å². The van der Waals surface area contributed by atoms with Gasteiger partial charge in [-0.3, -0.25) is 10.1 Å². The molecule has 162 valence electrons. The normalized spacial score (nSPS) is 11.4. The number of nitrogens with one attached hydrogen (secondary N) is 1. The third-order valence-electron chi connectivity index (χ3n) is 4.78. The number of nitrogens with zero attached hydrogens (tertiary/aromatic N) is 4. The van der Waals surface area contributed by atoms with Gasteiger partial charge in [0.25, 0.3) is 5.91 Å². The molecule has 0 saturated carbocycles. The first-order valence-electron chi connectivity index (χ1n) is 9.68. The number of pyridine rings is 1. The summed E-state index contributed by atoms with van der Waals surface area (Å²) in [7, 11) is 0. The average molecular weight is 437 g/mol. The van der Waals surface area contributed by atoms with E-state index < -0.39 is 17.6 Å². The molecule has 4 rings (SSSR count). The van der Waals surface area contributed by atoms with Crippen molar-refractivity contribution in [3.63, 3.8) is 0 Å². The van der Waals surface area contributed by atoms with Gasteiger partial charge in [-0.1, -0.05) is 24.3 Å². The summed E-state index contributed by atoms with van der Waals surface area (Å²) < 4.78 is 40.2. The Hall–Kier alpha value is -4.01. The Labute approximate surface area is 181 Å². The van der Waals surface area contributed by atoms with Gasteiger partial charge in [0.1, 0.15) is 5.69 Å². The number of hydrogen-bond donors (Lipinski definition) is 1. The molecule has 0 atom stereocenters. The van der Waals surface area contributed by atoms with Crippen molar-refractivity contribution < 1.29 is 18.0 Å². The molecule has 0 radical (unpaired) electrons. The van der Waals surface area contributed by atoms with Gasteiger partial charge in [0.2, 0.25) is 11.8 Å². The minimum atomic E-state index is -4.46. The van der Waals surface area contributed by atoms with Crippen LogP contribution in [0, 0.1) is 13.8 Å². The number of aromatic nitrogens is 4. The second kappa shape index (κ2) is 8.26. The Balaban J connectivity index is 1.77. The molecular weight excluding hydrogens is 419 g/mol. The highest BCUT2D eigenvalue weighted by Crippen LogP contribution is 2.30. The predicted octanol–water partition coefficient (Wildman–Crippen LogP) is 5.22. The molecule has 0 saturated heterocycles. The van der Waals surface area contributed by atoms with Crippen molar-refractivity contribution in [2.45, 2.75) is 20.0 Å². The molecule has 1 amide bonds. The number of carbonyl (C=O) groups is 1. The molecule has 0 bridgehead atoms. The molecule has 6 nitrogen and oxygen atoms in total. The molecule has 2 aromatic heterocycles. The zero-order chi connectivity index (χ0) is 22.9. The molecule has 2 aromatic carbocycles. The zero-order valence-corrected chi connectivity index (χ0v) is 17.2. The molecule has 32 heavy (non-hydrogen) atoms. The molecule has 4 aromatic rings. The van der Waals surface area contributed by atoms with Crippen molar-refractivity contribution in [3.8, 4) is 17.2 Å². The van der Waals surface area contributed by atoms with Crippen molar-refractivity contribution in [2.24, 2.45) is 0 Å². The summed E-state index contributed by atoms with van der Waals surface area (Å²) in [6, 6.07) is 16.8. The van der Waals surface area contributed by atoms with Crippen molar-refractivity contribution in [2.75, 3.05) is 5.32 Å². The van der Waals surface area contributed by atoms with Crippen LogP contribution >= 0.6 is 0 Å². The van der Waals surface area contributed by atoms with E-state index in [1.807, 2.05) is 19.1 Å². The number of carbonyl (C=O) groups excluding carboxylic acids is 1. The fraction of sp³-hybridized carbons (Fsp3) is 0.130. The van der Waals surface area contributed by atoms with Crippen LogP contribution in [0.15, 0.2) is 66.7 Å². The minimum absolute atomic E-state index is 0.0660. The SMILES string of the molecule is Cc1cccc(-c2nc(NC(=O)c3ccccc3C)n(-c3ccc(C(F)(F)F)cc3)n2)n1. The second-order valence-electron chi connectivity index (χ2n) is 7.15. The number of benzene rings is 2. The molecule has 9 heteroatoms. The summed E-state index contributed by atoms with van der Waals surface area (Å²) in [5.41, 5.74) is 1.97. The van der Waals surface area contributed by atoms with Crippen molar-refractivity contribution >= 4 is 11.9 Å². The smallest absolute Gasteiger partial charge is 0.290 e. The summed E-state index contributed by atoms with van der Waals surface area (Å²) in [5, 5.41) is 7.12. The molecule has 0 unspecified atom stereocenters. The Bertz CT molecular complexity index is 1280. The number of halogens is 3. The van der Waals surface area contributed by atoms with Gasteiger partial charge in [-0.15, -0.1) is 5.10 Å². The molecule has 0 aliphatic carbocycles. The molecular formula is C23H18F3N5O. The van der Waals surface area contributed by atoms with Gasteiger partial charge in [-0.2, -0.15) is 22.8 Å². The topological polar surface area (TPSA) is 72.7 Å². The van der Waals surface area contributed by atoms with Gasteiger partial charge in [-0.05, 0) is 61.9 Å². The van der Waals surface area contributed by atoms with Gasteiger partial charge >= 0.3 is 6.18 Å². The Morgan fingerprint density at radius 3 is 2.28 bits per heavy atom. The lowest BCUT2D eigenvalue weighted by Crippen LogP contribution is -2.17. The molecule has 0 aliphatic rings. The predicted molar refractivity (Wildman–Crippen MR) is 113 cm³/mol. The van der Waals surface area contributed by atoms with E-state index in [1.54, 1.807) is 37.3 Å². The van der Waals surface area contributed by atoms with E-state index in [1.165, 1.54) is 16.8 Å². The summed E-state index contributed by atoms with van der Waals surface area (Å²) >= 11 is 0. The van der Waals surface area contributed by atoms with Crippen LogP contribution in [-0.2, 0) is 6.18 Å². The number of aryl methyl sites for hydroxylation is 2. The highest BCUT2D eigenvalue weighted by atomic mass is 19.4. The van der Waals surface area contributed by atoms with Crippen LogP contribution in [0.2, 0.25) is 0 Å². The maximum atomic E-state index is 13.0. The molecule has 0 spiro atoms. The molecule has 0 fully saturated rings.